The number of halogens is 1. The zero-order valence-corrected chi connectivity index (χ0v) is 13.8. The highest BCUT2D eigenvalue weighted by Gasteiger charge is 2.19. The van der Waals surface area contributed by atoms with Gasteiger partial charge in [0.05, 0.1) is 0 Å². The molecule has 0 fully saturated rings. The molecular weight excluding hydrogens is 318 g/mol. The molecule has 0 saturated carbocycles. The van der Waals surface area contributed by atoms with Crippen LogP contribution in [0, 0.1) is 0 Å². The van der Waals surface area contributed by atoms with Gasteiger partial charge in [-0.3, -0.25) is 4.79 Å². The summed E-state index contributed by atoms with van der Waals surface area (Å²) in [5.74, 6) is 2.78. The van der Waals surface area contributed by atoms with Crippen molar-refractivity contribution in [3.8, 4) is 0 Å². The molecule has 1 aromatic carbocycles. The maximum absolute atomic E-state index is 11.9. The van der Waals surface area contributed by atoms with Crippen LogP contribution in [0.5, 0.6) is 0 Å². The zero-order valence-electron chi connectivity index (χ0n) is 12.2. The van der Waals surface area contributed by atoms with Gasteiger partial charge in [0.2, 0.25) is 0 Å². The van der Waals surface area contributed by atoms with Crippen LogP contribution in [0.3, 0.4) is 0 Å². The Morgan fingerprint density at radius 1 is 1.27 bits per heavy atom. The summed E-state index contributed by atoms with van der Waals surface area (Å²) in [6.07, 6.45) is 2.70. The summed E-state index contributed by atoms with van der Waals surface area (Å²) in [5.41, 5.74) is 2.83. The van der Waals surface area contributed by atoms with Gasteiger partial charge in [0.1, 0.15) is 11.5 Å². The number of hydrogen-bond donors (Lipinski definition) is 2. The van der Waals surface area contributed by atoms with Crippen molar-refractivity contribution in [3.05, 3.63) is 52.1 Å². The summed E-state index contributed by atoms with van der Waals surface area (Å²) in [6.45, 7) is 0.731. The van der Waals surface area contributed by atoms with Crippen molar-refractivity contribution in [2.45, 2.75) is 25.0 Å². The highest BCUT2D eigenvalue weighted by molar-refractivity contribution is 7.98. The highest BCUT2D eigenvalue weighted by atomic mass is 35.5. The number of aromatic nitrogens is 2. The van der Waals surface area contributed by atoms with Gasteiger partial charge >= 0.3 is 0 Å². The highest BCUT2D eigenvalue weighted by Crippen LogP contribution is 2.17. The predicted molar refractivity (Wildman–Crippen MR) is 90.6 cm³/mol. The van der Waals surface area contributed by atoms with E-state index in [1.165, 1.54) is 5.56 Å². The minimum atomic E-state index is -0.0520. The van der Waals surface area contributed by atoms with Gasteiger partial charge in [0, 0.05) is 35.2 Å². The van der Waals surface area contributed by atoms with E-state index in [9.17, 15) is 4.79 Å². The minimum absolute atomic E-state index is 0.0520. The van der Waals surface area contributed by atoms with Crippen molar-refractivity contribution in [1.82, 2.24) is 15.3 Å². The average Bonchev–Trinajstić information content (AvgIpc) is 2.85. The van der Waals surface area contributed by atoms with E-state index < -0.39 is 0 Å². The molecule has 0 saturated heterocycles. The molecule has 3 rings (SSSR count). The van der Waals surface area contributed by atoms with E-state index in [1.807, 2.05) is 23.9 Å². The lowest BCUT2D eigenvalue weighted by Crippen LogP contribution is -2.23. The third-order valence-corrected chi connectivity index (χ3v) is 4.88. The largest absolute Gasteiger partial charge is 0.351 e. The van der Waals surface area contributed by atoms with E-state index in [2.05, 4.69) is 27.4 Å². The van der Waals surface area contributed by atoms with Crippen LogP contribution in [0.4, 0.5) is 0 Å². The van der Waals surface area contributed by atoms with Crippen molar-refractivity contribution < 1.29 is 4.79 Å². The summed E-state index contributed by atoms with van der Waals surface area (Å²) in [4.78, 5) is 19.6. The van der Waals surface area contributed by atoms with Gasteiger partial charge in [-0.25, -0.2) is 4.98 Å². The van der Waals surface area contributed by atoms with Crippen molar-refractivity contribution in [2.24, 2.45) is 0 Å². The second kappa shape index (κ2) is 7.20. The molecule has 1 aliphatic rings. The number of H-pyrrole nitrogens is 1. The van der Waals surface area contributed by atoms with Gasteiger partial charge in [-0.1, -0.05) is 23.7 Å². The first kappa shape index (κ1) is 15.4. The number of benzene rings is 1. The second-order valence-electron chi connectivity index (χ2n) is 5.30. The number of aromatic amines is 1. The van der Waals surface area contributed by atoms with E-state index in [4.69, 9.17) is 11.6 Å². The van der Waals surface area contributed by atoms with Gasteiger partial charge in [-0.2, -0.15) is 11.8 Å². The molecule has 0 atom stereocenters. The molecule has 0 spiro atoms. The SMILES string of the molecule is O=C1NCCCc2[nH]c(CCSCc3ccc(Cl)cc3)nc21. The number of nitrogens with one attached hydrogen (secondary N) is 2. The molecule has 0 bridgehead atoms. The molecule has 4 nitrogen and oxygen atoms in total. The Morgan fingerprint density at radius 3 is 2.91 bits per heavy atom. The Morgan fingerprint density at radius 2 is 2.09 bits per heavy atom. The molecule has 1 aliphatic heterocycles. The molecule has 2 N–H and O–H groups in total. The van der Waals surface area contributed by atoms with Crippen molar-refractivity contribution in [1.29, 1.82) is 0 Å². The molecular formula is C16H18ClN3OS. The number of imidazole rings is 1. The number of hydrogen-bond acceptors (Lipinski definition) is 3. The molecule has 0 radical (unpaired) electrons. The predicted octanol–water partition coefficient (Wildman–Crippen LogP) is 3.22. The average molecular weight is 336 g/mol. The molecule has 0 aliphatic carbocycles. The van der Waals surface area contributed by atoms with Gasteiger partial charge in [-0.05, 0) is 30.5 Å². The Hall–Kier alpha value is -1.46. The number of aryl methyl sites for hydroxylation is 2. The summed E-state index contributed by atoms with van der Waals surface area (Å²) < 4.78 is 0. The van der Waals surface area contributed by atoms with Crippen LogP contribution in [0.2, 0.25) is 5.02 Å². The van der Waals surface area contributed by atoms with Gasteiger partial charge in [0.15, 0.2) is 0 Å². The number of nitrogens with zero attached hydrogens (tertiary/aromatic N) is 1. The Balaban J connectivity index is 1.51. The molecule has 0 unspecified atom stereocenters. The number of rotatable bonds is 5. The lowest BCUT2D eigenvalue weighted by molar-refractivity contribution is 0.0951. The third-order valence-electron chi connectivity index (χ3n) is 3.60. The second-order valence-corrected chi connectivity index (χ2v) is 6.84. The number of thioether (sulfide) groups is 1. The first-order chi connectivity index (χ1) is 10.7. The number of carbonyl (C=O) groups is 1. The first-order valence-electron chi connectivity index (χ1n) is 7.40. The number of carbonyl (C=O) groups excluding carboxylic acids is 1. The van der Waals surface area contributed by atoms with E-state index in [0.29, 0.717) is 5.69 Å². The van der Waals surface area contributed by atoms with E-state index in [0.717, 1.165) is 53.9 Å². The minimum Gasteiger partial charge on any atom is -0.351 e. The lowest BCUT2D eigenvalue weighted by Gasteiger charge is -2.01. The Bertz CT molecular complexity index is 654. The fraction of sp³-hybridized carbons (Fsp3) is 0.375. The Labute approximate surface area is 139 Å². The number of amides is 1. The van der Waals surface area contributed by atoms with E-state index >= 15 is 0 Å². The van der Waals surface area contributed by atoms with Crippen LogP contribution in [0.25, 0.3) is 0 Å². The Kier molecular flexibility index (Phi) is 5.05. The standard InChI is InChI=1S/C16H18ClN3OS/c17-12-5-3-11(4-6-12)10-22-9-7-14-19-13-2-1-8-18-16(21)15(13)20-14/h3-6H,1-2,7-10H2,(H,18,21)(H,19,20). The summed E-state index contributed by atoms with van der Waals surface area (Å²) in [7, 11) is 0. The molecule has 1 amide bonds. The first-order valence-corrected chi connectivity index (χ1v) is 8.94. The molecule has 6 heteroatoms. The quantitative estimate of drug-likeness (QED) is 0.825. The maximum Gasteiger partial charge on any atom is 0.271 e. The van der Waals surface area contributed by atoms with Gasteiger partial charge < -0.3 is 10.3 Å². The van der Waals surface area contributed by atoms with Gasteiger partial charge in [0.25, 0.3) is 5.91 Å². The van der Waals surface area contributed by atoms with Crippen LogP contribution < -0.4 is 5.32 Å². The third kappa shape index (κ3) is 3.84. The van der Waals surface area contributed by atoms with Crippen LogP contribution in [0.15, 0.2) is 24.3 Å². The topological polar surface area (TPSA) is 57.8 Å². The normalized spacial score (nSPS) is 14.3. The zero-order chi connectivity index (χ0) is 15.4. The van der Waals surface area contributed by atoms with Crippen LogP contribution in [-0.4, -0.2) is 28.2 Å². The molecule has 2 heterocycles. The smallest absolute Gasteiger partial charge is 0.271 e. The van der Waals surface area contributed by atoms with Crippen molar-refractivity contribution >= 4 is 29.3 Å². The van der Waals surface area contributed by atoms with Crippen LogP contribution >= 0.6 is 23.4 Å². The molecule has 22 heavy (non-hydrogen) atoms. The number of fused-ring (bicyclic) bond motifs is 1. The van der Waals surface area contributed by atoms with E-state index in [-0.39, 0.29) is 5.91 Å². The fourth-order valence-electron chi connectivity index (χ4n) is 2.44. The van der Waals surface area contributed by atoms with Crippen molar-refractivity contribution in [3.63, 3.8) is 0 Å². The van der Waals surface area contributed by atoms with Crippen LogP contribution in [-0.2, 0) is 18.6 Å². The summed E-state index contributed by atoms with van der Waals surface area (Å²) in [5, 5.41) is 3.64. The summed E-state index contributed by atoms with van der Waals surface area (Å²) >= 11 is 7.73. The molecule has 1 aromatic heterocycles. The monoisotopic (exact) mass is 335 g/mol. The van der Waals surface area contributed by atoms with Gasteiger partial charge in [-0.15, -0.1) is 0 Å². The molecule has 2 aromatic rings. The van der Waals surface area contributed by atoms with E-state index in [1.54, 1.807) is 0 Å². The fourth-order valence-corrected chi connectivity index (χ4v) is 3.48. The van der Waals surface area contributed by atoms with Crippen molar-refractivity contribution in [2.75, 3.05) is 12.3 Å². The van der Waals surface area contributed by atoms with Crippen LogP contribution in [0.1, 0.15) is 34.0 Å². The lowest BCUT2D eigenvalue weighted by atomic mass is 10.2. The summed E-state index contributed by atoms with van der Waals surface area (Å²) in [6, 6.07) is 7.93. The maximum atomic E-state index is 11.9. The molecule has 116 valence electrons.